The lowest BCUT2D eigenvalue weighted by atomic mass is 9.75. The molecule has 1 aliphatic heterocycles. The minimum atomic E-state index is -1.10. The molecular formula is C14H24N2O4. The van der Waals surface area contributed by atoms with Crippen molar-refractivity contribution < 1.29 is 19.8 Å². The first-order chi connectivity index (χ1) is 9.61. The predicted octanol–water partition coefficient (Wildman–Crippen LogP) is 1.04. The van der Waals surface area contributed by atoms with E-state index in [-0.39, 0.29) is 19.1 Å². The van der Waals surface area contributed by atoms with E-state index in [0.717, 1.165) is 18.9 Å². The fourth-order valence-corrected chi connectivity index (χ4v) is 3.41. The Kier molecular flexibility index (Phi) is 5.23. The number of piperidine rings is 1. The van der Waals surface area contributed by atoms with Gasteiger partial charge in [-0.05, 0) is 24.7 Å². The molecule has 0 aromatic heterocycles. The Morgan fingerprint density at radius 1 is 1.20 bits per heavy atom. The van der Waals surface area contributed by atoms with Crippen LogP contribution in [0.5, 0.6) is 0 Å². The molecule has 2 unspecified atom stereocenters. The maximum Gasteiger partial charge on any atom is 0.326 e. The van der Waals surface area contributed by atoms with Gasteiger partial charge in [0.25, 0.3) is 0 Å². The van der Waals surface area contributed by atoms with Crippen LogP contribution in [0, 0.1) is 11.8 Å². The van der Waals surface area contributed by atoms with Crippen LogP contribution >= 0.6 is 0 Å². The zero-order valence-electron chi connectivity index (χ0n) is 11.8. The first-order valence-electron chi connectivity index (χ1n) is 7.51. The van der Waals surface area contributed by atoms with Gasteiger partial charge in [-0.2, -0.15) is 0 Å². The quantitative estimate of drug-likeness (QED) is 0.719. The van der Waals surface area contributed by atoms with Crippen LogP contribution in [0.25, 0.3) is 0 Å². The Morgan fingerprint density at radius 2 is 1.90 bits per heavy atom. The van der Waals surface area contributed by atoms with E-state index in [9.17, 15) is 9.59 Å². The number of carbonyl (C=O) groups is 2. The average Bonchev–Trinajstić information content (AvgIpc) is 2.46. The van der Waals surface area contributed by atoms with Gasteiger partial charge in [-0.25, -0.2) is 9.59 Å². The topological polar surface area (TPSA) is 89.9 Å². The molecule has 3 N–H and O–H groups in total. The smallest absolute Gasteiger partial charge is 0.326 e. The molecule has 3 atom stereocenters. The highest BCUT2D eigenvalue weighted by Crippen LogP contribution is 2.35. The second-order valence-corrected chi connectivity index (χ2v) is 5.89. The molecule has 0 aromatic carbocycles. The van der Waals surface area contributed by atoms with E-state index in [4.69, 9.17) is 10.2 Å². The van der Waals surface area contributed by atoms with E-state index in [1.54, 1.807) is 4.90 Å². The molecule has 0 spiro atoms. The van der Waals surface area contributed by atoms with Gasteiger partial charge in [0, 0.05) is 26.1 Å². The average molecular weight is 284 g/mol. The first kappa shape index (κ1) is 15.1. The van der Waals surface area contributed by atoms with Gasteiger partial charge in [-0.3, -0.25) is 0 Å². The van der Waals surface area contributed by atoms with Crippen LogP contribution in [0.1, 0.15) is 38.5 Å². The minimum Gasteiger partial charge on any atom is -0.480 e. The van der Waals surface area contributed by atoms with Gasteiger partial charge in [-0.15, -0.1) is 0 Å². The number of amides is 2. The highest BCUT2D eigenvalue weighted by Gasteiger charge is 2.33. The van der Waals surface area contributed by atoms with E-state index in [1.165, 1.54) is 25.7 Å². The van der Waals surface area contributed by atoms with Gasteiger partial charge in [-0.1, -0.05) is 19.3 Å². The van der Waals surface area contributed by atoms with Crippen molar-refractivity contribution in [3.05, 3.63) is 0 Å². The number of carbonyl (C=O) groups excluding carboxylic acids is 1. The van der Waals surface area contributed by atoms with Crippen LogP contribution in [0.15, 0.2) is 0 Å². The third-order valence-electron chi connectivity index (χ3n) is 4.59. The van der Waals surface area contributed by atoms with Crippen molar-refractivity contribution in [3.63, 3.8) is 0 Å². The number of hydrogen-bond donors (Lipinski definition) is 3. The van der Waals surface area contributed by atoms with Gasteiger partial charge in [0.05, 0.1) is 0 Å². The van der Waals surface area contributed by atoms with E-state index >= 15 is 0 Å². The number of aliphatic hydroxyl groups excluding tert-OH is 1. The van der Waals surface area contributed by atoms with Gasteiger partial charge in [0.15, 0.2) is 0 Å². The summed E-state index contributed by atoms with van der Waals surface area (Å²) in [5.41, 5.74) is 0. The molecule has 1 saturated heterocycles. The fourth-order valence-electron chi connectivity index (χ4n) is 3.41. The van der Waals surface area contributed by atoms with E-state index in [0.29, 0.717) is 12.5 Å². The number of aliphatic carboxylic acids is 1. The van der Waals surface area contributed by atoms with Crippen molar-refractivity contribution >= 4 is 12.0 Å². The second-order valence-electron chi connectivity index (χ2n) is 5.89. The zero-order chi connectivity index (χ0) is 14.5. The highest BCUT2D eigenvalue weighted by molar-refractivity contribution is 5.82. The van der Waals surface area contributed by atoms with Gasteiger partial charge >= 0.3 is 12.0 Å². The van der Waals surface area contributed by atoms with E-state index in [1.807, 2.05) is 0 Å². The Bertz CT molecular complexity index is 361. The van der Waals surface area contributed by atoms with Crippen molar-refractivity contribution in [2.45, 2.75) is 44.6 Å². The molecule has 0 bridgehead atoms. The highest BCUT2D eigenvalue weighted by atomic mass is 16.4. The van der Waals surface area contributed by atoms with Crippen LogP contribution in [-0.2, 0) is 4.79 Å². The SMILES string of the molecule is O=C(O)[C@H](CCO)NC(=O)N1CCC2CCCCC2C1. The number of nitrogens with zero attached hydrogens (tertiary/aromatic N) is 1. The van der Waals surface area contributed by atoms with Gasteiger partial charge in [0.1, 0.15) is 6.04 Å². The number of carboxylic acid groups (broad SMARTS) is 1. The van der Waals surface area contributed by atoms with Gasteiger partial charge in [0.2, 0.25) is 0 Å². The van der Waals surface area contributed by atoms with Crippen LogP contribution in [-0.4, -0.2) is 52.9 Å². The number of rotatable bonds is 4. The number of nitrogens with one attached hydrogen (secondary N) is 1. The summed E-state index contributed by atoms with van der Waals surface area (Å²) < 4.78 is 0. The second kappa shape index (κ2) is 6.92. The molecule has 2 rings (SSSR count). The van der Waals surface area contributed by atoms with Gasteiger partial charge < -0.3 is 20.4 Å². The number of aliphatic hydroxyl groups is 1. The summed E-state index contributed by atoms with van der Waals surface area (Å²) in [5, 5.41) is 20.3. The van der Waals surface area contributed by atoms with Crippen LogP contribution < -0.4 is 5.32 Å². The van der Waals surface area contributed by atoms with E-state index in [2.05, 4.69) is 5.32 Å². The molecule has 6 nitrogen and oxygen atoms in total. The molecule has 20 heavy (non-hydrogen) atoms. The normalized spacial score (nSPS) is 27.6. The molecular weight excluding hydrogens is 260 g/mol. The number of urea groups is 1. The lowest BCUT2D eigenvalue weighted by molar-refractivity contribution is -0.139. The molecule has 1 saturated carbocycles. The third-order valence-corrected chi connectivity index (χ3v) is 4.59. The molecule has 1 aliphatic carbocycles. The maximum atomic E-state index is 12.1. The number of likely N-dealkylation sites (tertiary alicyclic amines) is 1. The molecule has 2 aliphatic rings. The lowest BCUT2D eigenvalue weighted by Gasteiger charge is -2.41. The summed E-state index contributed by atoms with van der Waals surface area (Å²) in [7, 11) is 0. The van der Waals surface area contributed by atoms with Crippen molar-refractivity contribution in [2.24, 2.45) is 11.8 Å². The number of carboxylic acids is 1. The molecule has 0 aromatic rings. The van der Waals surface area contributed by atoms with Crippen molar-refractivity contribution in [1.29, 1.82) is 0 Å². The minimum absolute atomic E-state index is 0.0426. The molecule has 1 heterocycles. The number of hydrogen-bond acceptors (Lipinski definition) is 3. The van der Waals surface area contributed by atoms with Crippen LogP contribution in [0.2, 0.25) is 0 Å². The van der Waals surface area contributed by atoms with Crippen LogP contribution in [0.4, 0.5) is 4.79 Å². The van der Waals surface area contributed by atoms with Crippen LogP contribution in [0.3, 0.4) is 0 Å². The number of fused-ring (bicyclic) bond motifs is 1. The standard InChI is InChI=1S/C14H24N2O4/c17-8-6-12(13(18)19)15-14(20)16-7-5-10-3-1-2-4-11(10)9-16/h10-12,17H,1-9H2,(H,15,20)(H,18,19)/t10?,11?,12-/m0/s1. The summed E-state index contributed by atoms with van der Waals surface area (Å²) >= 11 is 0. The largest absolute Gasteiger partial charge is 0.480 e. The first-order valence-corrected chi connectivity index (χ1v) is 7.51. The summed E-state index contributed by atoms with van der Waals surface area (Å²) in [6, 6.07) is -1.31. The summed E-state index contributed by atoms with van der Waals surface area (Å²) in [5.74, 6) is 0.213. The molecule has 2 fully saturated rings. The Balaban J connectivity index is 1.87. The summed E-state index contributed by atoms with van der Waals surface area (Å²) in [6.45, 7) is 1.20. The van der Waals surface area contributed by atoms with Crippen molar-refractivity contribution in [3.8, 4) is 0 Å². The van der Waals surface area contributed by atoms with Crippen molar-refractivity contribution in [2.75, 3.05) is 19.7 Å². The Morgan fingerprint density at radius 3 is 2.55 bits per heavy atom. The van der Waals surface area contributed by atoms with E-state index < -0.39 is 12.0 Å². The maximum absolute atomic E-state index is 12.1. The Labute approximate surface area is 119 Å². The zero-order valence-corrected chi connectivity index (χ0v) is 11.8. The summed E-state index contributed by atoms with van der Waals surface area (Å²) in [4.78, 5) is 24.9. The third kappa shape index (κ3) is 3.62. The predicted molar refractivity (Wildman–Crippen MR) is 73.3 cm³/mol. The summed E-state index contributed by atoms with van der Waals surface area (Å²) in [6.07, 6.45) is 6.04. The molecule has 0 radical (unpaired) electrons. The fraction of sp³-hybridized carbons (Fsp3) is 0.857. The Hall–Kier alpha value is -1.30. The molecule has 2 amide bonds. The molecule has 6 heteroatoms. The van der Waals surface area contributed by atoms with Crippen molar-refractivity contribution in [1.82, 2.24) is 10.2 Å². The monoisotopic (exact) mass is 284 g/mol. The molecule has 114 valence electrons. The lowest BCUT2D eigenvalue weighted by Crippen LogP contribution is -2.52.